The maximum Gasteiger partial charge on any atom is 0.325 e. The van der Waals surface area contributed by atoms with E-state index in [-0.39, 0.29) is 11.3 Å². The summed E-state index contributed by atoms with van der Waals surface area (Å²) in [6, 6.07) is 10.8. The fourth-order valence-electron chi connectivity index (χ4n) is 3.20. The normalized spacial score (nSPS) is 14.5. The van der Waals surface area contributed by atoms with Gasteiger partial charge >= 0.3 is 11.3 Å². The number of phenols is 1. The average Bonchev–Trinajstić information content (AvgIpc) is 2.72. The Labute approximate surface area is 179 Å². The van der Waals surface area contributed by atoms with Crippen molar-refractivity contribution in [2.45, 2.75) is 11.3 Å². The summed E-state index contributed by atoms with van der Waals surface area (Å²) in [7, 11) is 1.49. The summed E-state index contributed by atoms with van der Waals surface area (Å²) in [5.41, 5.74) is 2.56. The number of benzene rings is 2. The minimum absolute atomic E-state index is 0.0442. The summed E-state index contributed by atoms with van der Waals surface area (Å²) in [6.07, 6.45) is 1.29. The number of phenolic OH excluding ortho intramolecular Hbond substituents is 1. The zero-order valence-corrected chi connectivity index (χ0v) is 17.9. The number of ether oxygens (including phenoxy) is 1. The zero-order chi connectivity index (χ0) is 20.5. The molecule has 0 fully saturated rings. The van der Waals surface area contributed by atoms with Gasteiger partial charge in [0.1, 0.15) is 0 Å². The van der Waals surface area contributed by atoms with Crippen molar-refractivity contribution < 1.29 is 14.5 Å². The molecule has 0 radical (unpaired) electrons. The van der Waals surface area contributed by atoms with Crippen LogP contribution in [0.4, 0.5) is 5.69 Å². The van der Waals surface area contributed by atoms with Gasteiger partial charge in [-0.15, -0.1) is 6.58 Å². The van der Waals surface area contributed by atoms with Crippen molar-refractivity contribution in [3.05, 3.63) is 69.4 Å². The highest BCUT2D eigenvalue weighted by Crippen LogP contribution is 2.36. The molecule has 1 atom stereocenters. The van der Waals surface area contributed by atoms with E-state index < -0.39 is 6.17 Å². The lowest BCUT2D eigenvalue weighted by molar-refractivity contribution is -0.759. The molecule has 7 nitrogen and oxygen atoms in total. The van der Waals surface area contributed by atoms with Crippen LogP contribution in [0, 0.1) is 0 Å². The number of rotatable bonds is 5. The fourth-order valence-corrected chi connectivity index (χ4v) is 4.15. The standard InChI is InChI=1S/C20H17BrN4O3S/c1-3-8-29-20-23-19(27)17-13-10-12(21)5-6-14(13)22-18(25(17)24-20)11-4-7-15(26)16(9-11)28-2/h3-7,9-10,18H,1,8H2,2H3,(H2,23,24,26,27)/p+1/t18-/m0/s1. The number of fused-ring (bicyclic) bond motifs is 3. The molecule has 1 aliphatic heterocycles. The summed E-state index contributed by atoms with van der Waals surface area (Å²) < 4.78 is 7.78. The number of methoxy groups -OCH3 is 1. The lowest BCUT2D eigenvalue weighted by atomic mass is 10.0. The quantitative estimate of drug-likeness (QED) is 0.298. The number of thioether (sulfide) groups is 1. The van der Waals surface area contributed by atoms with Gasteiger partial charge in [0.25, 0.3) is 6.17 Å². The van der Waals surface area contributed by atoms with Gasteiger partial charge in [-0.05, 0) is 41.1 Å². The largest absolute Gasteiger partial charge is 0.504 e. The highest BCUT2D eigenvalue weighted by Gasteiger charge is 2.38. The van der Waals surface area contributed by atoms with Gasteiger partial charge in [-0.3, -0.25) is 9.78 Å². The van der Waals surface area contributed by atoms with Gasteiger partial charge in [0.2, 0.25) is 5.16 Å². The molecule has 4 rings (SSSR count). The Balaban J connectivity index is 1.93. The van der Waals surface area contributed by atoms with Crippen LogP contribution in [0.2, 0.25) is 0 Å². The van der Waals surface area contributed by atoms with Crippen LogP contribution in [-0.4, -0.2) is 28.1 Å². The number of H-pyrrole nitrogens is 1. The van der Waals surface area contributed by atoms with Crippen LogP contribution in [0.1, 0.15) is 11.7 Å². The molecular formula is C20H18BrN4O3S+. The number of aromatic amines is 1. The van der Waals surface area contributed by atoms with Crippen molar-refractivity contribution in [2.75, 3.05) is 18.2 Å². The van der Waals surface area contributed by atoms with Gasteiger partial charge in [-0.2, -0.15) is 0 Å². The molecule has 0 unspecified atom stereocenters. The van der Waals surface area contributed by atoms with Gasteiger partial charge in [-0.25, -0.2) is 0 Å². The third-order valence-electron chi connectivity index (χ3n) is 4.49. The van der Waals surface area contributed by atoms with Crippen LogP contribution >= 0.6 is 27.7 Å². The number of hydrogen-bond donors (Lipinski definition) is 3. The van der Waals surface area contributed by atoms with E-state index in [1.165, 1.54) is 18.9 Å². The van der Waals surface area contributed by atoms with E-state index in [1.807, 2.05) is 18.2 Å². The number of anilines is 1. The molecule has 0 amide bonds. The van der Waals surface area contributed by atoms with Crippen molar-refractivity contribution in [3.63, 3.8) is 0 Å². The second kappa shape index (κ2) is 7.92. The summed E-state index contributed by atoms with van der Waals surface area (Å²) >= 11 is 4.87. The molecule has 1 aromatic heterocycles. The molecule has 0 aliphatic carbocycles. The van der Waals surface area contributed by atoms with E-state index in [0.29, 0.717) is 22.4 Å². The first-order valence-electron chi connectivity index (χ1n) is 8.75. The van der Waals surface area contributed by atoms with E-state index in [1.54, 1.807) is 29.0 Å². The third kappa shape index (κ3) is 3.63. The molecule has 2 heterocycles. The van der Waals surface area contributed by atoms with E-state index in [9.17, 15) is 9.90 Å². The zero-order valence-electron chi connectivity index (χ0n) is 15.5. The van der Waals surface area contributed by atoms with Crippen LogP contribution in [0.25, 0.3) is 11.3 Å². The summed E-state index contributed by atoms with van der Waals surface area (Å²) in [6.45, 7) is 3.71. The lowest BCUT2D eigenvalue weighted by Gasteiger charge is -2.23. The van der Waals surface area contributed by atoms with Gasteiger partial charge in [0.15, 0.2) is 11.5 Å². The molecule has 0 saturated heterocycles. The Morgan fingerprint density at radius 3 is 2.97 bits per heavy atom. The second-order valence-corrected chi connectivity index (χ2v) is 8.24. The SMILES string of the molecule is C=CCSc1n[n+]2c(c(=O)[nH]1)-c1cc(Br)ccc1N[C@@H]2c1ccc(O)c(OC)c1. The van der Waals surface area contributed by atoms with E-state index in [0.717, 1.165) is 21.3 Å². The minimum Gasteiger partial charge on any atom is -0.504 e. The number of nitrogens with zero attached hydrogens (tertiary/aromatic N) is 2. The lowest BCUT2D eigenvalue weighted by Crippen LogP contribution is -2.55. The van der Waals surface area contributed by atoms with Gasteiger partial charge in [0.05, 0.1) is 18.4 Å². The van der Waals surface area contributed by atoms with Crippen molar-refractivity contribution in [1.82, 2.24) is 10.1 Å². The molecule has 0 bridgehead atoms. The van der Waals surface area contributed by atoms with Crippen LogP contribution in [0.3, 0.4) is 0 Å². The van der Waals surface area contributed by atoms with Crippen LogP contribution < -0.4 is 20.3 Å². The Morgan fingerprint density at radius 1 is 1.38 bits per heavy atom. The molecule has 148 valence electrons. The third-order valence-corrected chi connectivity index (χ3v) is 5.85. The summed E-state index contributed by atoms with van der Waals surface area (Å²) in [5.74, 6) is 1.01. The predicted octanol–water partition coefficient (Wildman–Crippen LogP) is 3.45. The second-order valence-electron chi connectivity index (χ2n) is 6.32. The minimum atomic E-state index is -0.460. The Hall–Kier alpha value is -2.78. The highest BCUT2D eigenvalue weighted by atomic mass is 79.9. The number of aromatic hydroxyl groups is 1. The van der Waals surface area contributed by atoms with E-state index in [2.05, 4.69) is 37.9 Å². The maximum absolute atomic E-state index is 13.0. The number of hydrogen-bond acceptors (Lipinski definition) is 6. The topological polar surface area (TPSA) is 91.1 Å². The molecule has 0 spiro atoms. The number of nitrogens with one attached hydrogen (secondary N) is 2. The van der Waals surface area contributed by atoms with Gasteiger partial charge in [-0.1, -0.05) is 33.8 Å². The van der Waals surface area contributed by atoms with Crippen molar-refractivity contribution >= 4 is 33.4 Å². The maximum atomic E-state index is 13.0. The smallest absolute Gasteiger partial charge is 0.325 e. The Kier molecular flexibility index (Phi) is 5.33. The first kappa shape index (κ1) is 19.5. The first-order valence-corrected chi connectivity index (χ1v) is 10.5. The Morgan fingerprint density at radius 2 is 2.21 bits per heavy atom. The van der Waals surface area contributed by atoms with Crippen molar-refractivity contribution in [2.24, 2.45) is 0 Å². The molecular weight excluding hydrogens is 456 g/mol. The number of aromatic nitrogens is 3. The number of halogens is 1. The van der Waals surface area contributed by atoms with Crippen molar-refractivity contribution in [1.29, 1.82) is 0 Å². The molecule has 2 aromatic carbocycles. The molecule has 0 saturated carbocycles. The fraction of sp³-hybridized carbons (Fsp3) is 0.150. The van der Waals surface area contributed by atoms with E-state index in [4.69, 9.17) is 4.74 Å². The first-order chi connectivity index (χ1) is 14.0. The average molecular weight is 474 g/mol. The van der Waals surface area contributed by atoms with Crippen LogP contribution in [0.15, 0.2) is 63.5 Å². The van der Waals surface area contributed by atoms with Crippen LogP contribution in [0.5, 0.6) is 11.5 Å². The molecule has 3 N–H and O–H groups in total. The highest BCUT2D eigenvalue weighted by molar-refractivity contribution is 9.10. The summed E-state index contributed by atoms with van der Waals surface area (Å²) in [4.78, 5) is 15.9. The molecule has 3 aromatic rings. The molecule has 9 heteroatoms. The van der Waals surface area contributed by atoms with Gasteiger partial charge in [0, 0.05) is 20.9 Å². The molecule has 29 heavy (non-hydrogen) atoms. The predicted molar refractivity (Wildman–Crippen MR) is 116 cm³/mol. The van der Waals surface area contributed by atoms with Gasteiger partial charge < -0.3 is 15.2 Å². The summed E-state index contributed by atoms with van der Waals surface area (Å²) in [5, 5.41) is 18.6. The van der Waals surface area contributed by atoms with Crippen LogP contribution in [-0.2, 0) is 0 Å². The van der Waals surface area contributed by atoms with E-state index >= 15 is 0 Å². The monoisotopic (exact) mass is 473 g/mol. The Bertz CT molecular complexity index is 1160. The van der Waals surface area contributed by atoms with Crippen molar-refractivity contribution in [3.8, 4) is 22.8 Å². The molecule has 1 aliphatic rings.